The van der Waals surface area contributed by atoms with Crippen LogP contribution in [0.5, 0.6) is 0 Å². The van der Waals surface area contributed by atoms with E-state index in [-0.39, 0.29) is 11.8 Å². The second kappa shape index (κ2) is 7.98. The monoisotopic (exact) mass is 322 g/mol. The van der Waals surface area contributed by atoms with Gasteiger partial charge in [-0.05, 0) is 18.9 Å². The van der Waals surface area contributed by atoms with E-state index in [0.717, 1.165) is 44.5 Å². The number of rotatable bonds is 8. The number of hydrogen-bond donors (Lipinski definition) is 1. The molecule has 0 spiro atoms. The molecule has 0 radical (unpaired) electrons. The van der Waals surface area contributed by atoms with E-state index in [2.05, 4.69) is 23.4 Å². The van der Waals surface area contributed by atoms with Crippen LogP contribution < -0.4 is 0 Å². The predicted octanol–water partition coefficient (Wildman–Crippen LogP) is 4.63. The number of allylic oxidation sites excluding steroid dienone is 2. The van der Waals surface area contributed by atoms with Gasteiger partial charge in [0.15, 0.2) is 5.06 Å². The summed E-state index contributed by atoms with van der Waals surface area (Å²) in [6.45, 7) is 5.35. The van der Waals surface area contributed by atoms with E-state index in [1.54, 1.807) is 6.08 Å². The molecule has 1 heterocycles. The maximum Gasteiger partial charge on any atom is 0.164 e. The first-order valence-electron chi connectivity index (χ1n) is 8.38. The van der Waals surface area contributed by atoms with Gasteiger partial charge in [-0.2, -0.15) is 0 Å². The average Bonchev–Trinajstić information content (AvgIpc) is 2.95. The van der Waals surface area contributed by atoms with Gasteiger partial charge in [0.1, 0.15) is 5.82 Å². The lowest BCUT2D eigenvalue weighted by Gasteiger charge is -2.34. The van der Waals surface area contributed by atoms with Crippen LogP contribution in [0, 0.1) is 5.92 Å². The van der Waals surface area contributed by atoms with Gasteiger partial charge in [0, 0.05) is 30.8 Å². The number of hydrogen-bond acceptors (Lipinski definition) is 2. The van der Waals surface area contributed by atoms with Gasteiger partial charge in [-0.3, -0.25) is 0 Å². The lowest BCUT2D eigenvalue weighted by atomic mass is 9.80. The van der Waals surface area contributed by atoms with Crippen molar-refractivity contribution in [2.75, 3.05) is 0 Å². The number of alkyl halides is 1. The molecule has 122 valence electrons. The average molecular weight is 323 g/mol. The maximum atomic E-state index is 10.6. The molecular weight excluding hydrogens is 296 g/mol. The van der Waals surface area contributed by atoms with Crippen LogP contribution in [0.2, 0.25) is 0 Å². The number of aromatic nitrogens is 2. The number of aliphatic hydroxyl groups is 1. The van der Waals surface area contributed by atoms with Crippen molar-refractivity contribution in [2.45, 2.75) is 63.5 Å². The zero-order valence-electron chi connectivity index (χ0n) is 13.6. The molecule has 1 aliphatic rings. The lowest BCUT2D eigenvalue weighted by Crippen LogP contribution is -2.35. The van der Waals surface area contributed by atoms with Gasteiger partial charge in [0.25, 0.3) is 0 Å². The Morgan fingerprint density at radius 2 is 2.09 bits per heavy atom. The fourth-order valence-corrected chi connectivity index (χ4v) is 3.39. The number of nitrogens with zero attached hydrogens (tertiary/aromatic N) is 2. The summed E-state index contributed by atoms with van der Waals surface area (Å²) in [5.74, 6) is 1.04. The quantitative estimate of drug-likeness (QED) is 0.709. The zero-order valence-corrected chi connectivity index (χ0v) is 14.3. The topological polar surface area (TPSA) is 38.0 Å². The third kappa shape index (κ3) is 4.02. The van der Waals surface area contributed by atoms with Gasteiger partial charge in [0.2, 0.25) is 0 Å². The molecule has 3 unspecified atom stereocenters. The molecular formula is C18H27ClN2O. The molecule has 0 aliphatic heterocycles. The maximum absolute atomic E-state index is 10.6. The van der Waals surface area contributed by atoms with Crippen LogP contribution in [-0.4, -0.2) is 19.7 Å². The Hall–Kier alpha value is -1.06. The third-order valence-corrected chi connectivity index (χ3v) is 4.74. The molecule has 22 heavy (non-hydrogen) atoms. The van der Waals surface area contributed by atoms with Gasteiger partial charge in [-0.25, -0.2) is 4.98 Å². The van der Waals surface area contributed by atoms with E-state index in [9.17, 15) is 5.11 Å². The molecule has 1 aromatic rings. The molecule has 0 saturated carbocycles. The summed E-state index contributed by atoms with van der Waals surface area (Å²) in [4.78, 5) is 4.60. The Balaban J connectivity index is 2.28. The highest BCUT2D eigenvalue weighted by atomic mass is 35.5. The minimum Gasteiger partial charge on any atom is -0.371 e. The zero-order chi connectivity index (χ0) is 16.0. The Morgan fingerprint density at radius 1 is 1.32 bits per heavy atom. The van der Waals surface area contributed by atoms with E-state index in [0.29, 0.717) is 0 Å². The van der Waals surface area contributed by atoms with Crippen LogP contribution in [0.4, 0.5) is 0 Å². The van der Waals surface area contributed by atoms with Crippen molar-refractivity contribution >= 4 is 11.6 Å². The SMILES string of the molecule is CCCCC(c1nccn1CCCC)C1C=CC=CC1(O)Cl. The number of unbranched alkanes of at least 4 members (excludes halogenated alkanes) is 2. The molecule has 4 heteroatoms. The number of imidazole rings is 1. The number of halogens is 1. The summed E-state index contributed by atoms with van der Waals surface area (Å²) in [7, 11) is 0. The van der Waals surface area contributed by atoms with E-state index in [1.807, 2.05) is 30.6 Å². The van der Waals surface area contributed by atoms with Crippen LogP contribution in [0.1, 0.15) is 57.7 Å². The molecule has 0 amide bonds. The highest BCUT2D eigenvalue weighted by Crippen LogP contribution is 2.41. The third-order valence-electron chi connectivity index (χ3n) is 4.36. The van der Waals surface area contributed by atoms with Gasteiger partial charge < -0.3 is 9.67 Å². The van der Waals surface area contributed by atoms with E-state index in [1.165, 1.54) is 0 Å². The molecule has 3 atom stereocenters. The lowest BCUT2D eigenvalue weighted by molar-refractivity contribution is 0.111. The van der Waals surface area contributed by atoms with Crippen molar-refractivity contribution < 1.29 is 5.11 Å². The summed E-state index contributed by atoms with van der Waals surface area (Å²) in [5.41, 5.74) is 0. The van der Waals surface area contributed by atoms with Crippen molar-refractivity contribution in [3.63, 3.8) is 0 Å². The molecule has 0 bridgehead atoms. The molecule has 0 saturated heterocycles. The fourth-order valence-electron chi connectivity index (χ4n) is 3.10. The van der Waals surface area contributed by atoms with Crippen LogP contribution in [-0.2, 0) is 6.54 Å². The second-order valence-corrected chi connectivity index (χ2v) is 6.68. The summed E-state index contributed by atoms with van der Waals surface area (Å²) in [5, 5.41) is 9.24. The fraction of sp³-hybridized carbons (Fsp3) is 0.611. The van der Waals surface area contributed by atoms with Gasteiger partial charge in [0.05, 0.1) is 0 Å². The first-order chi connectivity index (χ1) is 10.6. The van der Waals surface area contributed by atoms with Crippen LogP contribution in [0.25, 0.3) is 0 Å². The highest BCUT2D eigenvalue weighted by molar-refractivity contribution is 6.24. The largest absolute Gasteiger partial charge is 0.371 e. The molecule has 1 N–H and O–H groups in total. The Kier molecular flexibility index (Phi) is 6.27. The summed E-state index contributed by atoms with van der Waals surface area (Å²) in [6, 6.07) is 0. The van der Waals surface area contributed by atoms with Gasteiger partial charge in [-0.1, -0.05) is 62.9 Å². The first kappa shape index (κ1) is 17.3. The molecule has 1 aliphatic carbocycles. The van der Waals surface area contributed by atoms with E-state index >= 15 is 0 Å². The van der Waals surface area contributed by atoms with Crippen LogP contribution in [0.15, 0.2) is 36.7 Å². The second-order valence-electron chi connectivity index (χ2n) is 6.08. The normalized spacial score (nSPS) is 25.5. The van der Waals surface area contributed by atoms with Crippen molar-refractivity contribution in [3.8, 4) is 0 Å². The van der Waals surface area contributed by atoms with Crippen LogP contribution >= 0.6 is 11.6 Å². The van der Waals surface area contributed by atoms with E-state index < -0.39 is 5.06 Å². The highest BCUT2D eigenvalue weighted by Gasteiger charge is 2.39. The van der Waals surface area contributed by atoms with Crippen molar-refractivity contribution in [1.82, 2.24) is 9.55 Å². The molecule has 0 fully saturated rings. The molecule has 1 aromatic heterocycles. The van der Waals surface area contributed by atoms with Crippen LogP contribution in [0.3, 0.4) is 0 Å². The first-order valence-corrected chi connectivity index (χ1v) is 8.76. The van der Waals surface area contributed by atoms with Gasteiger partial charge >= 0.3 is 0 Å². The van der Waals surface area contributed by atoms with Gasteiger partial charge in [-0.15, -0.1) is 0 Å². The summed E-state index contributed by atoms with van der Waals surface area (Å²) < 4.78 is 2.23. The van der Waals surface area contributed by atoms with Crippen molar-refractivity contribution in [1.29, 1.82) is 0 Å². The van der Waals surface area contributed by atoms with Crippen molar-refractivity contribution in [2.24, 2.45) is 5.92 Å². The Bertz CT molecular complexity index is 519. The number of aryl methyl sites for hydroxylation is 1. The standard InChI is InChI=1S/C18H27ClN2O/c1-3-5-9-15(16-10-7-8-11-18(16,19)22)17-20-12-14-21(17)13-6-4-2/h7-8,10-12,14-16,22H,3-6,9,13H2,1-2H3. The summed E-state index contributed by atoms with van der Waals surface area (Å²) >= 11 is 6.37. The minimum atomic E-state index is -1.32. The Morgan fingerprint density at radius 3 is 2.77 bits per heavy atom. The smallest absolute Gasteiger partial charge is 0.164 e. The predicted molar refractivity (Wildman–Crippen MR) is 92.0 cm³/mol. The summed E-state index contributed by atoms with van der Waals surface area (Å²) in [6.07, 6.45) is 16.9. The van der Waals surface area contributed by atoms with E-state index in [4.69, 9.17) is 11.6 Å². The molecule has 0 aromatic carbocycles. The Labute approximate surface area is 138 Å². The molecule has 3 nitrogen and oxygen atoms in total. The van der Waals surface area contributed by atoms with Crippen molar-refractivity contribution in [3.05, 3.63) is 42.5 Å². The minimum absolute atomic E-state index is 0.135. The molecule has 2 rings (SSSR count).